The molecular weight excluding hydrogens is 547 g/mol. The molecule has 3 N–H and O–H groups in total. The molecule has 0 radical (unpaired) electrons. The number of aromatic nitrogens is 2. The van der Waals surface area contributed by atoms with Crippen LogP contribution in [0.25, 0.3) is 0 Å². The van der Waals surface area contributed by atoms with E-state index in [0.717, 1.165) is 24.0 Å². The number of carbonyl (C=O) groups is 1. The third-order valence-corrected chi connectivity index (χ3v) is 8.41. The lowest BCUT2D eigenvalue weighted by atomic mass is 10.0. The van der Waals surface area contributed by atoms with Gasteiger partial charge in [-0.05, 0) is 54.5 Å². The van der Waals surface area contributed by atoms with Crippen molar-refractivity contribution in [1.82, 2.24) is 9.97 Å². The van der Waals surface area contributed by atoms with E-state index in [2.05, 4.69) is 15.3 Å². The Labute approximate surface area is 222 Å². The van der Waals surface area contributed by atoms with E-state index in [4.69, 9.17) is 37.3 Å². The predicted molar refractivity (Wildman–Crippen MR) is 137 cm³/mol. The maximum Gasteiger partial charge on any atom is 0.333 e. The second-order valence-corrected chi connectivity index (χ2v) is 12.1. The number of fused-ring (bicyclic) bond motifs is 1. The minimum absolute atomic E-state index is 0.00356. The first-order valence-corrected chi connectivity index (χ1v) is 14.2. The van der Waals surface area contributed by atoms with Crippen LogP contribution in [0.5, 0.6) is 0 Å². The molecule has 1 aromatic carbocycles. The van der Waals surface area contributed by atoms with Crippen molar-refractivity contribution in [2.45, 2.75) is 38.0 Å². The topological polar surface area (TPSA) is 134 Å². The van der Waals surface area contributed by atoms with Gasteiger partial charge in [-0.1, -0.05) is 29.3 Å². The summed E-state index contributed by atoms with van der Waals surface area (Å²) in [6.45, 7) is 0.471. The van der Waals surface area contributed by atoms with Crippen LogP contribution in [0.2, 0.25) is 9.36 Å². The molecule has 1 aliphatic carbocycles. The van der Waals surface area contributed by atoms with E-state index in [9.17, 15) is 13.2 Å². The van der Waals surface area contributed by atoms with Gasteiger partial charge in [-0.2, -0.15) is 8.42 Å². The average molecular weight is 569 g/mol. The second-order valence-electron chi connectivity index (χ2n) is 8.79. The number of thiophene rings is 1. The highest BCUT2D eigenvalue weighted by Crippen LogP contribution is 2.43. The van der Waals surface area contributed by atoms with Crippen LogP contribution in [-0.4, -0.2) is 36.8 Å². The number of nitrogens with zero attached hydrogens (tertiary/aromatic N) is 2. The molecule has 1 saturated carbocycles. The summed E-state index contributed by atoms with van der Waals surface area (Å²) in [5.74, 6) is 0.185. The van der Waals surface area contributed by atoms with Crippen molar-refractivity contribution in [3.63, 3.8) is 0 Å². The van der Waals surface area contributed by atoms with Crippen molar-refractivity contribution >= 4 is 56.4 Å². The number of hydrogen-bond acceptors (Lipinski definition) is 9. The lowest BCUT2D eigenvalue weighted by molar-refractivity contribution is 0.0941. The lowest BCUT2D eigenvalue weighted by Crippen LogP contribution is -2.22. The van der Waals surface area contributed by atoms with Crippen molar-refractivity contribution in [3.05, 3.63) is 73.3 Å². The molecular formula is C23H22Cl2N4O5S2. The van der Waals surface area contributed by atoms with Gasteiger partial charge in [0.05, 0.1) is 28.0 Å². The summed E-state index contributed by atoms with van der Waals surface area (Å²) in [5.41, 5.74) is 3.01. The molecule has 1 aliphatic heterocycles. The number of benzene rings is 1. The summed E-state index contributed by atoms with van der Waals surface area (Å²) in [5, 5.41) is 8.83. The van der Waals surface area contributed by atoms with Gasteiger partial charge in [-0.25, -0.2) is 15.1 Å². The number of nitrogens with one attached hydrogen (secondary N) is 1. The van der Waals surface area contributed by atoms with Crippen LogP contribution in [0.1, 0.15) is 57.3 Å². The van der Waals surface area contributed by atoms with Gasteiger partial charge >= 0.3 is 10.3 Å². The summed E-state index contributed by atoms with van der Waals surface area (Å²) in [7, 11) is -3.97. The minimum atomic E-state index is -3.97. The van der Waals surface area contributed by atoms with Gasteiger partial charge in [0.1, 0.15) is 18.2 Å². The van der Waals surface area contributed by atoms with Gasteiger partial charge in [0.2, 0.25) is 5.78 Å². The highest BCUT2D eigenvalue weighted by atomic mass is 35.5. The van der Waals surface area contributed by atoms with Crippen LogP contribution in [0, 0.1) is 5.92 Å². The van der Waals surface area contributed by atoms with E-state index in [1.165, 1.54) is 23.9 Å². The Kier molecular flexibility index (Phi) is 7.32. The molecule has 9 nitrogen and oxygen atoms in total. The third kappa shape index (κ3) is 5.57. The summed E-state index contributed by atoms with van der Waals surface area (Å²) in [6, 6.07) is 7.36. The number of rotatable bonds is 8. The first-order valence-electron chi connectivity index (χ1n) is 11.2. The number of nitrogens with two attached hydrogens (primary N) is 1. The molecule has 2 aliphatic rings. The summed E-state index contributed by atoms with van der Waals surface area (Å²) in [6.07, 6.45) is 4.63. The van der Waals surface area contributed by atoms with E-state index in [1.54, 1.807) is 6.07 Å². The van der Waals surface area contributed by atoms with Gasteiger partial charge < -0.3 is 10.1 Å². The number of hydrogen-bond donors (Lipinski definition) is 2. The molecule has 1 fully saturated rings. The van der Waals surface area contributed by atoms with E-state index in [0.29, 0.717) is 44.2 Å². The molecule has 3 heterocycles. The number of ketones is 1. The van der Waals surface area contributed by atoms with Crippen LogP contribution in [0.3, 0.4) is 0 Å². The highest BCUT2D eigenvalue weighted by Gasteiger charge is 2.31. The molecule has 0 spiro atoms. The summed E-state index contributed by atoms with van der Waals surface area (Å²) >= 11 is 13.9. The van der Waals surface area contributed by atoms with Crippen molar-refractivity contribution in [2.24, 2.45) is 11.1 Å². The Morgan fingerprint density at radius 1 is 1.25 bits per heavy atom. The van der Waals surface area contributed by atoms with Gasteiger partial charge in [-0.15, -0.1) is 11.3 Å². The van der Waals surface area contributed by atoms with Crippen LogP contribution in [-0.2, 0) is 25.8 Å². The maximum absolute atomic E-state index is 13.5. The zero-order valence-electron chi connectivity index (χ0n) is 18.8. The van der Waals surface area contributed by atoms with Gasteiger partial charge in [-0.3, -0.25) is 8.98 Å². The average Bonchev–Trinajstić information content (AvgIpc) is 3.55. The minimum Gasteiger partial charge on any atom is -0.367 e. The normalized spacial score (nSPS) is 21.5. The Hall–Kier alpha value is -2.12. The summed E-state index contributed by atoms with van der Waals surface area (Å²) < 4.78 is 33.3. The Balaban J connectivity index is 1.33. The first kappa shape index (κ1) is 25.5. The SMILES string of the molecule is NS(=O)(=O)OC[C@@H]1CC[C@H](Nc2ncncc2C(=O)c2cc(C3OCc4ccc(Cl)cc43)c(Cl)s2)C1. The zero-order valence-corrected chi connectivity index (χ0v) is 22.0. The number of anilines is 1. The number of ether oxygens (including phenoxy) is 1. The monoisotopic (exact) mass is 568 g/mol. The Morgan fingerprint density at radius 3 is 2.89 bits per heavy atom. The molecule has 0 bridgehead atoms. The van der Waals surface area contributed by atoms with Crippen LogP contribution in [0.15, 0.2) is 36.8 Å². The van der Waals surface area contributed by atoms with Crippen molar-refractivity contribution < 1.29 is 22.1 Å². The van der Waals surface area contributed by atoms with Crippen LogP contribution < -0.4 is 10.5 Å². The molecule has 2 aromatic heterocycles. The third-order valence-electron chi connectivity index (χ3n) is 6.32. The van der Waals surface area contributed by atoms with Gasteiger partial charge in [0.15, 0.2) is 0 Å². The fraction of sp³-hybridized carbons (Fsp3) is 0.348. The highest BCUT2D eigenvalue weighted by molar-refractivity contribution is 7.84. The van der Waals surface area contributed by atoms with Crippen LogP contribution >= 0.6 is 34.5 Å². The van der Waals surface area contributed by atoms with E-state index < -0.39 is 16.4 Å². The molecule has 13 heteroatoms. The smallest absolute Gasteiger partial charge is 0.333 e. The Morgan fingerprint density at radius 2 is 2.08 bits per heavy atom. The van der Waals surface area contributed by atoms with E-state index in [1.807, 2.05) is 18.2 Å². The van der Waals surface area contributed by atoms with Gasteiger partial charge in [0.25, 0.3) is 0 Å². The largest absolute Gasteiger partial charge is 0.367 e. The van der Waals surface area contributed by atoms with E-state index in [-0.39, 0.29) is 24.3 Å². The molecule has 3 aromatic rings. The van der Waals surface area contributed by atoms with Gasteiger partial charge in [0, 0.05) is 22.8 Å². The molecule has 0 amide bonds. The fourth-order valence-electron chi connectivity index (χ4n) is 4.62. The maximum atomic E-state index is 13.5. The quantitative estimate of drug-likeness (QED) is 0.379. The zero-order chi connectivity index (χ0) is 25.4. The molecule has 1 unspecified atom stereocenters. The summed E-state index contributed by atoms with van der Waals surface area (Å²) in [4.78, 5) is 22.2. The molecule has 0 saturated heterocycles. The van der Waals surface area contributed by atoms with Crippen molar-refractivity contribution in [1.29, 1.82) is 0 Å². The number of halogens is 2. The Bertz CT molecular complexity index is 1420. The van der Waals surface area contributed by atoms with Crippen molar-refractivity contribution in [2.75, 3.05) is 11.9 Å². The van der Waals surface area contributed by atoms with Crippen molar-refractivity contribution in [3.8, 4) is 0 Å². The molecule has 36 heavy (non-hydrogen) atoms. The first-order chi connectivity index (χ1) is 17.2. The lowest BCUT2D eigenvalue weighted by Gasteiger charge is -2.15. The standard InChI is InChI=1S/C23H22Cl2N4O5S2/c24-14-3-2-13-10-33-21(16(13)6-14)17-7-19(35-22(17)25)20(30)18-8-27-11-28-23(18)29-15-4-1-12(5-15)9-34-36(26,31)32/h2-3,6-8,11-12,15,21H,1,4-5,9-10H2,(H2,26,31,32)(H,27,28,29)/t12-,15+,21?/m1/s1. The van der Waals surface area contributed by atoms with E-state index >= 15 is 0 Å². The molecule has 5 rings (SSSR count). The molecule has 190 valence electrons. The number of carbonyl (C=O) groups excluding carboxylic acids is 1. The fourth-order valence-corrected chi connectivity index (χ4v) is 6.45. The van der Waals surface area contributed by atoms with Crippen LogP contribution in [0.4, 0.5) is 5.82 Å². The predicted octanol–water partition coefficient (Wildman–Crippen LogP) is 4.50. The molecule has 3 atom stereocenters. The second kappa shape index (κ2) is 10.3.